The lowest BCUT2D eigenvalue weighted by molar-refractivity contribution is -0.141. The summed E-state index contributed by atoms with van der Waals surface area (Å²) in [6.45, 7) is 2.37. The van der Waals surface area contributed by atoms with Gasteiger partial charge in [-0.05, 0) is 59.7 Å². The van der Waals surface area contributed by atoms with Crippen LogP contribution in [0, 0.1) is 0 Å². The van der Waals surface area contributed by atoms with Crippen molar-refractivity contribution >= 4 is 34.2 Å². The number of rotatable bonds is 9. The average Bonchev–Trinajstić information content (AvgIpc) is 3.36. The van der Waals surface area contributed by atoms with Crippen LogP contribution < -0.4 is 5.32 Å². The third-order valence-electron chi connectivity index (χ3n) is 6.84. The van der Waals surface area contributed by atoms with Gasteiger partial charge in [-0.15, -0.1) is 0 Å². The van der Waals surface area contributed by atoms with Gasteiger partial charge in [0.2, 0.25) is 11.8 Å². The number of aryl methyl sites for hydroxylation is 1. The molecule has 0 radical (unpaired) electrons. The Morgan fingerprint density at radius 2 is 1.71 bits per heavy atom. The molecule has 0 bridgehead atoms. The fourth-order valence-corrected chi connectivity index (χ4v) is 5.10. The molecule has 0 unspecified atom stereocenters. The number of carbonyl (C=O) groups excluding carboxylic acids is 2. The minimum atomic E-state index is -0.490. The van der Waals surface area contributed by atoms with Gasteiger partial charge in [0, 0.05) is 24.0 Å². The quantitative estimate of drug-likeness (QED) is 0.394. The van der Waals surface area contributed by atoms with Gasteiger partial charge in [0.15, 0.2) is 0 Å². The molecule has 1 aliphatic rings. The number of carbonyl (C=O) groups is 2. The minimum absolute atomic E-state index is 0.00342. The summed E-state index contributed by atoms with van der Waals surface area (Å²) in [6, 6.07) is 21.7. The van der Waals surface area contributed by atoms with E-state index >= 15 is 0 Å². The largest absolute Gasteiger partial charge is 0.352 e. The predicted octanol–water partition coefficient (Wildman–Crippen LogP) is 6.29. The number of amides is 2. The van der Waals surface area contributed by atoms with Crippen molar-refractivity contribution in [3.63, 3.8) is 0 Å². The molecule has 0 saturated heterocycles. The highest BCUT2D eigenvalue weighted by atomic mass is 35.5. The molecular formula is C29H33ClN2O2. The van der Waals surface area contributed by atoms with Crippen molar-refractivity contribution in [3.8, 4) is 0 Å². The van der Waals surface area contributed by atoms with E-state index in [0.717, 1.165) is 36.8 Å². The normalized spacial score (nSPS) is 14.8. The van der Waals surface area contributed by atoms with Gasteiger partial charge in [-0.2, -0.15) is 0 Å². The van der Waals surface area contributed by atoms with Gasteiger partial charge in [0.25, 0.3) is 0 Å². The van der Waals surface area contributed by atoms with Crippen molar-refractivity contribution in [2.45, 2.75) is 70.5 Å². The summed E-state index contributed by atoms with van der Waals surface area (Å²) in [5.74, 6) is -0.0434. The van der Waals surface area contributed by atoms with Gasteiger partial charge in [-0.1, -0.05) is 86.0 Å². The van der Waals surface area contributed by atoms with E-state index in [-0.39, 0.29) is 17.9 Å². The second-order valence-corrected chi connectivity index (χ2v) is 9.64. The fourth-order valence-electron chi connectivity index (χ4n) is 4.97. The zero-order valence-corrected chi connectivity index (χ0v) is 20.6. The van der Waals surface area contributed by atoms with E-state index in [1.807, 2.05) is 49.4 Å². The molecule has 1 fully saturated rings. The molecule has 1 aliphatic carbocycles. The van der Waals surface area contributed by atoms with Gasteiger partial charge >= 0.3 is 0 Å². The Kier molecular flexibility index (Phi) is 8.23. The number of hydrogen-bond donors (Lipinski definition) is 1. The molecule has 0 spiro atoms. The monoisotopic (exact) mass is 476 g/mol. The summed E-state index contributed by atoms with van der Waals surface area (Å²) < 4.78 is 0. The van der Waals surface area contributed by atoms with Crippen LogP contribution in [0.3, 0.4) is 0 Å². The van der Waals surface area contributed by atoms with Crippen LogP contribution in [0.4, 0.5) is 0 Å². The van der Waals surface area contributed by atoms with Crippen molar-refractivity contribution in [2.75, 3.05) is 0 Å². The molecule has 3 aromatic rings. The Hall–Kier alpha value is -2.85. The lowest BCUT2D eigenvalue weighted by Crippen LogP contribution is -2.51. The average molecular weight is 477 g/mol. The second-order valence-electron chi connectivity index (χ2n) is 9.20. The molecule has 3 aromatic carbocycles. The summed E-state index contributed by atoms with van der Waals surface area (Å²) in [5.41, 5.74) is 2.12. The summed E-state index contributed by atoms with van der Waals surface area (Å²) >= 11 is 6.07. The van der Waals surface area contributed by atoms with E-state index in [4.69, 9.17) is 11.6 Å². The fraction of sp³-hybridized carbons (Fsp3) is 0.379. The molecule has 1 N–H and O–H groups in total. The number of halogens is 1. The Morgan fingerprint density at radius 1 is 1.00 bits per heavy atom. The van der Waals surface area contributed by atoms with Crippen molar-refractivity contribution in [1.29, 1.82) is 0 Å². The van der Waals surface area contributed by atoms with Crippen molar-refractivity contribution < 1.29 is 9.59 Å². The van der Waals surface area contributed by atoms with E-state index in [9.17, 15) is 9.59 Å². The Balaban J connectivity index is 1.53. The summed E-state index contributed by atoms with van der Waals surface area (Å²) in [5, 5.41) is 6.21. The lowest BCUT2D eigenvalue weighted by Gasteiger charge is -2.31. The highest BCUT2D eigenvalue weighted by Gasteiger charge is 2.30. The van der Waals surface area contributed by atoms with Gasteiger partial charge in [0.1, 0.15) is 6.04 Å². The molecule has 1 saturated carbocycles. The first kappa shape index (κ1) is 24.3. The number of nitrogens with zero attached hydrogens (tertiary/aromatic N) is 1. The van der Waals surface area contributed by atoms with E-state index in [2.05, 4.69) is 29.6 Å². The topological polar surface area (TPSA) is 49.4 Å². The molecule has 0 aliphatic heterocycles. The van der Waals surface area contributed by atoms with Gasteiger partial charge in [-0.3, -0.25) is 9.59 Å². The first-order chi connectivity index (χ1) is 16.5. The zero-order chi connectivity index (χ0) is 23.9. The van der Waals surface area contributed by atoms with Gasteiger partial charge in [-0.25, -0.2) is 0 Å². The molecule has 4 nitrogen and oxygen atoms in total. The molecule has 0 aromatic heterocycles. The van der Waals surface area contributed by atoms with Crippen LogP contribution >= 0.6 is 11.6 Å². The number of nitrogens with one attached hydrogen (secondary N) is 1. The first-order valence-corrected chi connectivity index (χ1v) is 12.7. The van der Waals surface area contributed by atoms with E-state index in [0.29, 0.717) is 30.8 Å². The second kappa shape index (κ2) is 11.5. The molecular weight excluding hydrogens is 444 g/mol. The standard InChI is InChI=1S/C29H33ClN2O2/c1-2-27(29(34)31-25-11-4-5-12-25)32(20-21-14-17-24(30)18-15-21)28(33)19-16-23-10-7-9-22-8-3-6-13-26(22)23/h3,6-10,13-15,17-18,25,27H,2,4-5,11-12,16,19-20H2,1H3,(H,31,34)/t27-/m0/s1. The minimum Gasteiger partial charge on any atom is -0.352 e. The maximum atomic E-state index is 13.6. The smallest absolute Gasteiger partial charge is 0.243 e. The van der Waals surface area contributed by atoms with E-state index in [1.54, 1.807) is 4.90 Å². The van der Waals surface area contributed by atoms with Crippen LogP contribution in [0.1, 0.15) is 56.6 Å². The molecule has 5 heteroatoms. The van der Waals surface area contributed by atoms with Crippen molar-refractivity contribution in [3.05, 3.63) is 82.9 Å². The molecule has 1 atom stereocenters. The number of fused-ring (bicyclic) bond motifs is 1. The van der Waals surface area contributed by atoms with Crippen molar-refractivity contribution in [2.24, 2.45) is 0 Å². The van der Waals surface area contributed by atoms with Crippen LogP contribution in [-0.2, 0) is 22.6 Å². The SMILES string of the molecule is CC[C@@H](C(=O)NC1CCCC1)N(Cc1ccc(Cl)cc1)C(=O)CCc1cccc2ccccc12. The first-order valence-electron chi connectivity index (χ1n) is 12.4. The van der Waals surface area contributed by atoms with Crippen LogP contribution in [0.25, 0.3) is 10.8 Å². The van der Waals surface area contributed by atoms with E-state index in [1.165, 1.54) is 10.8 Å². The molecule has 4 rings (SSSR count). The Bertz CT molecular complexity index is 1120. The summed E-state index contributed by atoms with van der Waals surface area (Å²) in [4.78, 5) is 28.6. The highest BCUT2D eigenvalue weighted by molar-refractivity contribution is 6.30. The Morgan fingerprint density at radius 3 is 2.44 bits per heavy atom. The van der Waals surface area contributed by atoms with Crippen LogP contribution in [0.5, 0.6) is 0 Å². The number of benzene rings is 3. The van der Waals surface area contributed by atoms with Crippen LogP contribution in [0.15, 0.2) is 66.7 Å². The maximum Gasteiger partial charge on any atom is 0.243 e. The van der Waals surface area contributed by atoms with Crippen LogP contribution in [-0.4, -0.2) is 28.8 Å². The van der Waals surface area contributed by atoms with Crippen molar-refractivity contribution in [1.82, 2.24) is 10.2 Å². The molecule has 178 valence electrons. The van der Waals surface area contributed by atoms with Gasteiger partial charge < -0.3 is 10.2 Å². The third kappa shape index (κ3) is 5.98. The summed E-state index contributed by atoms with van der Waals surface area (Å²) in [6.07, 6.45) is 5.92. The zero-order valence-electron chi connectivity index (χ0n) is 19.8. The van der Waals surface area contributed by atoms with Gasteiger partial charge in [0.05, 0.1) is 0 Å². The number of hydrogen-bond acceptors (Lipinski definition) is 2. The van der Waals surface area contributed by atoms with E-state index < -0.39 is 6.04 Å². The third-order valence-corrected chi connectivity index (χ3v) is 7.09. The predicted molar refractivity (Wildman–Crippen MR) is 139 cm³/mol. The molecule has 0 heterocycles. The highest BCUT2D eigenvalue weighted by Crippen LogP contribution is 2.23. The van der Waals surface area contributed by atoms with Crippen LogP contribution in [0.2, 0.25) is 5.02 Å². The molecule has 2 amide bonds. The maximum absolute atomic E-state index is 13.6. The summed E-state index contributed by atoms with van der Waals surface area (Å²) in [7, 11) is 0. The molecule has 34 heavy (non-hydrogen) atoms. The lowest BCUT2D eigenvalue weighted by atomic mass is 10.00. The Labute approximate surface area is 207 Å².